The van der Waals surface area contributed by atoms with Crippen LogP contribution in [0.15, 0.2) is 18.2 Å². The minimum absolute atomic E-state index is 0.271. The Hall–Kier alpha value is -1.22. The Morgan fingerprint density at radius 3 is 2.60 bits per heavy atom. The van der Waals surface area contributed by atoms with E-state index in [4.69, 9.17) is 5.73 Å². The summed E-state index contributed by atoms with van der Waals surface area (Å²) in [6.45, 7) is 6.54. The molecule has 15 heavy (non-hydrogen) atoms. The Kier molecular flexibility index (Phi) is 3.97. The Morgan fingerprint density at radius 1 is 1.40 bits per heavy atom. The lowest BCUT2D eigenvalue weighted by Gasteiger charge is -2.16. The molecule has 0 saturated heterocycles. The Labute approximate surface area is 91.3 Å². The van der Waals surface area contributed by atoms with Crippen molar-refractivity contribution in [3.05, 3.63) is 23.8 Å². The number of aliphatic hydroxyl groups is 1. The highest BCUT2D eigenvalue weighted by Gasteiger charge is 2.08. The smallest absolute Gasteiger partial charge is 0.0735 e. The number of hydrogen-bond donors (Lipinski definition) is 3. The predicted molar refractivity (Wildman–Crippen MR) is 64.9 cm³/mol. The van der Waals surface area contributed by atoms with Gasteiger partial charge in [-0.2, -0.15) is 0 Å². The lowest BCUT2D eigenvalue weighted by molar-refractivity contribution is 0.138. The number of rotatable bonds is 4. The Bertz CT molecular complexity index is 323. The quantitative estimate of drug-likeness (QED) is 0.663. The molecule has 0 radical (unpaired) electrons. The second-order valence-electron chi connectivity index (χ2n) is 4.26. The molecular formula is C12H20N2O. The van der Waals surface area contributed by atoms with Crippen LogP contribution in [0.2, 0.25) is 0 Å². The van der Waals surface area contributed by atoms with Gasteiger partial charge in [0.05, 0.1) is 6.10 Å². The topological polar surface area (TPSA) is 58.3 Å². The SMILES string of the molecule is Cc1cc(NCC(O)C(C)C)ccc1N. The molecule has 1 aromatic rings. The zero-order valence-corrected chi connectivity index (χ0v) is 9.62. The largest absolute Gasteiger partial charge is 0.399 e. The summed E-state index contributed by atoms with van der Waals surface area (Å²) in [6, 6.07) is 5.79. The summed E-state index contributed by atoms with van der Waals surface area (Å²) in [5.74, 6) is 0.271. The molecule has 1 rings (SSSR count). The van der Waals surface area contributed by atoms with Crippen LogP contribution in [-0.4, -0.2) is 17.8 Å². The molecule has 0 aliphatic heterocycles. The van der Waals surface area contributed by atoms with E-state index in [1.165, 1.54) is 0 Å². The lowest BCUT2D eigenvalue weighted by Crippen LogP contribution is -2.24. The standard InChI is InChI=1S/C12H20N2O/c1-8(2)12(15)7-14-10-4-5-11(13)9(3)6-10/h4-6,8,12,14-15H,7,13H2,1-3H3. The van der Waals surface area contributed by atoms with Crippen LogP contribution in [0.1, 0.15) is 19.4 Å². The van der Waals surface area contributed by atoms with E-state index in [1.54, 1.807) is 0 Å². The zero-order valence-electron chi connectivity index (χ0n) is 9.62. The van der Waals surface area contributed by atoms with E-state index < -0.39 is 0 Å². The van der Waals surface area contributed by atoms with Gasteiger partial charge in [0.1, 0.15) is 0 Å². The summed E-state index contributed by atoms with van der Waals surface area (Å²) in [5, 5.41) is 12.8. The van der Waals surface area contributed by atoms with Crippen molar-refractivity contribution in [1.82, 2.24) is 0 Å². The van der Waals surface area contributed by atoms with Crippen LogP contribution in [0.3, 0.4) is 0 Å². The fourth-order valence-corrected chi connectivity index (χ4v) is 1.24. The van der Waals surface area contributed by atoms with Gasteiger partial charge in [0.25, 0.3) is 0 Å². The predicted octanol–water partition coefficient (Wildman–Crippen LogP) is 2.01. The third-order valence-electron chi connectivity index (χ3n) is 2.55. The van der Waals surface area contributed by atoms with Crippen LogP contribution in [0, 0.1) is 12.8 Å². The highest BCUT2D eigenvalue weighted by molar-refractivity contribution is 5.56. The summed E-state index contributed by atoms with van der Waals surface area (Å²) >= 11 is 0. The average molecular weight is 208 g/mol. The number of aliphatic hydroxyl groups excluding tert-OH is 1. The molecule has 0 aromatic heterocycles. The minimum atomic E-state index is -0.317. The Balaban J connectivity index is 2.55. The molecular weight excluding hydrogens is 188 g/mol. The highest BCUT2D eigenvalue weighted by atomic mass is 16.3. The average Bonchev–Trinajstić information content (AvgIpc) is 2.19. The third-order valence-corrected chi connectivity index (χ3v) is 2.55. The number of aryl methyl sites for hydroxylation is 1. The minimum Gasteiger partial charge on any atom is -0.399 e. The van der Waals surface area contributed by atoms with E-state index in [-0.39, 0.29) is 12.0 Å². The van der Waals surface area contributed by atoms with Crippen LogP contribution < -0.4 is 11.1 Å². The number of nitrogens with two attached hydrogens (primary N) is 1. The van der Waals surface area contributed by atoms with Crippen molar-refractivity contribution < 1.29 is 5.11 Å². The van der Waals surface area contributed by atoms with Crippen molar-refractivity contribution in [3.8, 4) is 0 Å². The normalized spacial score (nSPS) is 12.9. The van der Waals surface area contributed by atoms with Gasteiger partial charge in [-0.15, -0.1) is 0 Å². The maximum atomic E-state index is 9.62. The molecule has 0 amide bonds. The fraction of sp³-hybridized carbons (Fsp3) is 0.500. The first-order chi connectivity index (χ1) is 7.00. The summed E-state index contributed by atoms with van der Waals surface area (Å²) in [4.78, 5) is 0. The Morgan fingerprint density at radius 2 is 2.07 bits per heavy atom. The van der Waals surface area contributed by atoms with Crippen LogP contribution in [0.25, 0.3) is 0 Å². The number of nitrogens with one attached hydrogen (secondary N) is 1. The molecule has 0 aliphatic carbocycles. The first kappa shape index (κ1) is 11.9. The molecule has 1 unspecified atom stereocenters. The molecule has 84 valence electrons. The first-order valence-corrected chi connectivity index (χ1v) is 5.28. The van der Waals surface area contributed by atoms with Gasteiger partial charge < -0.3 is 16.2 Å². The second kappa shape index (κ2) is 5.03. The molecule has 0 fully saturated rings. The van der Waals surface area contributed by atoms with E-state index >= 15 is 0 Å². The van der Waals surface area contributed by atoms with Gasteiger partial charge in [-0.1, -0.05) is 13.8 Å². The van der Waals surface area contributed by atoms with E-state index in [9.17, 15) is 5.11 Å². The molecule has 4 N–H and O–H groups in total. The van der Waals surface area contributed by atoms with E-state index in [0.717, 1.165) is 16.9 Å². The summed E-state index contributed by atoms with van der Waals surface area (Å²) < 4.78 is 0. The van der Waals surface area contributed by atoms with Crippen molar-refractivity contribution in [3.63, 3.8) is 0 Å². The van der Waals surface area contributed by atoms with Gasteiger partial charge in [0, 0.05) is 17.9 Å². The van der Waals surface area contributed by atoms with Crippen molar-refractivity contribution in [1.29, 1.82) is 0 Å². The van der Waals surface area contributed by atoms with Crippen LogP contribution in [0.4, 0.5) is 11.4 Å². The van der Waals surface area contributed by atoms with E-state index in [0.29, 0.717) is 6.54 Å². The van der Waals surface area contributed by atoms with Gasteiger partial charge in [-0.3, -0.25) is 0 Å². The number of nitrogen functional groups attached to an aromatic ring is 1. The molecule has 0 aliphatic rings. The van der Waals surface area contributed by atoms with Crippen molar-refractivity contribution in [2.45, 2.75) is 26.9 Å². The molecule has 1 aromatic carbocycles. The van der Waals surface area contributed by atoms with Crippen LogP contribution in [-0.2, 0) is 0 Å². The number of anilines is 2. The summed E-state index contributed by atoms with van der Waals surface area (Å²) in [6.07, 6.45) is -0.317. The van der Waals surface area contributed by atoms with Crippen LogP contribution in [0.5, 0.6) is 0 Å². The van der Waals surface area contributed by atoms with Gasteiger partial charge in [0.2, 0.25) is 0 Å². The lowest BCUT2D eigenvalue weighted by atomic mass is 10.1. The van der Waals surface area contributed by atoms with Gasteiger partial charge in [-0.25, -0.2) is 0 Å². The molecule has 3 nitrogen and oxygen atoms in total. The van der Waals surface area contributed by atoms with Crippen molar-refractivity contribution in [2.24, 2.45) is 5.92 Å². The molecule has 0 bridgehead atoms. The molecule has 0 spiro atoms. The maximum absolute atomic E-state index is 9.62. The number of benzene rings is 1. The molecule has 3 heteroatoms. The molecule has 1 atom stereocenters. The van der Waals surface area contributed by atoms with Gasteiger partial charge in [0.15, 0.2) is 0 Å². The van der Waals surface area contributed by atoms with Crippen molar-refractivity contribution >= 4 is 11.4 Å². The van der Waals surface area contributed by atoms with Gasteiger partial charge >= 0.3 is 0 Å². The highest BCUT2D eigenvalue weighted by Crippen LogP contribution is 2.16. The molecule has 0 heterocycles. The summed E-state index contributed by atoms with van der Waals surface area (Å²) in [5.41, 5.74) is 8.57. The third kappa shape index (κ3) is 3.44. The first-order valence-electron chi connectivity index (χ1n) is 5.28. The fourth-order valence-electron chi connectivity index (χ4n) is 1.24. The maximum Gasteiger partial charge on any atom is 0.0735 e. The van der Waals surface area contributed by atoms with E-state index in [2.05, 4.69) is 5.32 Å². The number of hydrogen-bond acceptors (Lipinski definition) is 3. The second-order valence-corrected chi connectivity index (χ2v) is 4.26. The van der Waals surface area contributed by atoms with Crippen molar-refractivity contribution in [2.75, 3.05) is 17.6 Å². The van der Waals surface area contributed by atoms with Gasteiger partial charge in [-0.05, 0) is 36.6 Å². The molecule has 0 saturated carbocycles. The monoisotopic (exact) mass is 208 g/mol. The van der Waals surface area contributed by atoms with Crippen LogP contribution >= 0.6 is 0 Å². The van der Waals surface area contributed by atoms with E-state index in [1.807, 2.05) is 39.0 Å². The zero-order chi connectivity index (χ0) is 11.4. The summed E-state index contributed by atoms with van der Waals surface area (Å²) in [7, 11) is 0.